The lowest BCUT2D eigenvalue weighted by molar-refractivity contribution is 0.418. The van der Waals surface area contributed by atoms with Gasteiger partial charge in [0.15, 0.2) is 0 Å². The molecule has 1 heterocycles. The summed E-state index contributed by atoms with van der Waals surface area (Å²) in [7, 11) is -5.54. The fourth-order valence-electron chi connectivity index (χ4n) is 2.63. The zero-order valence-corrected chi connectivity index (χ0v) is 10.8. The molecule has 4 nitrogen and oxygen atoms in total. The van der Waals surface area contributed by atoms with E-state index in [4.69, 9.17) is 0 Å². The summed E-state index contributed by atoms with van der Waals surface area (Å²) >= 11 is 0. The molecule has 0 fully saturated rings. The molecule has 0 radical (unpaired) electrons. The van der Waals surface area contributed by atoms with Crippen LogP contribution in [0.5, 0.6) is 0 Å². The van der Waals surface area contributed by atoms with Crippen LogP contribution in [-0.4, -0.2) is 42.4 Å². The van der Waals surface area contributed by atoms with Gasteiger partial charge in [0.1, 0.15) is 8.07 Å². The van der Waals surface area contributed by atoms with E-state index in [-0.39, 0.29) is 5.47 Å². The monoisotopic (exact) mass is 248 g/mol. The van der Waals surface area contributed by atoms with E-state index >= 15 is 0 Å². The topological polar surface area (TPSA) is 80.9 Å². The van der Waals surface area contributed by atoms with Crippen molar-refractivity contribution in [2.24, 2.45) is 0 Å². The number of hydrogen-bond acceptors (Lipinski definition) is 4. The van der Waals surface area contributed by atoms with E-state index in [2.05, 4.69) is 0 Å². The maximum atomic E-state index is 9.49. The van der Waals surface area contributed by atoms with Gasteiger partial charge in [-0.05, 0) is 21.3 Å². The van der Waals surface area contributed by atoms with Gasteiger partial charge in [0.2, 0.25) is 0 Å². The fourth-order valence-corrected chi connectivity index (χ4v) is 5.91. The SMILES string of the molecule is C[Si]1(C)C(B(O)O)=C(B(O)O)c2ccccc21. The molecule has 0 amide bonds. The quantitative estimate of drug-likeness (QED) is 0.502. The molecule has 4 N–H and O–H groups in total. The Bertz CT molecular complexity index is 485. The lowest BCUT2D eigenvalue weighted by atomic mass is 9.69. The normalized spacial score (nSPS) is 17.1. The molecule has 88 valence electrons. The predicted molar refractivity (Wildman–Crippen MR) is 70.9 cm³/mol. The second-order valence-electron chi connectivity index (χ2n) is 4.75. The van der Waals surface area contributed by atoms with Crippen molar-refractivity contribution in [1.29, 1.82) is 0 Å². The molecule has 0 aromatic heterocycles. The number of rotatable bonds is 2. The Balaban J connectivity index is 2.74. The molecule has 2 rings (SSSR count). The van der Waals surface area contributed by atoms with Crippen LogP contribution >= 0.6 is 0 Å². The van der Waals surface area contributed by atoms with Crippen molar-refractivity contribution in [3.05, 3.63) is 34.9 Å². The van der Waals surface area contributed by atoms with Gasteiger partial charge in [-0.25, -0.2) is 0 Å². The van der Waals surface area contributed by atoms with Gasteiger partial charge in [0.25, 0.3) is 0 Å². The van der Waals surface area contributed by atoms with E-state index in [0.29, 0.717) is 5.10 Å². The lowest BCUT2D eigenvalue weighted by Gasteiger charge is -2.22. The first kappa shape index (κ1) is 12.6. The van der Waals surface area contributed by atoms with Crippen LogP contribution in [0.3, 0.4) is 0 Å². The summed E-state index contributed by atoms with van der Waals surface area (Å²) in [5.74, 6) is 0. The smallest absolute Gasteiger partial charge is 0.424 e. The van der Waals surface area contributed by atoms with Crippen LogP contribution in [0.25, 0.3) is 5.47 Å². The largest absolute Gasteiger partial charge is 0.487 e. The average Bonchev–Trinajstić information content (AvgIpc) is 2.48. The summed E-state index contributed by atoms with van der Waals surface area (Å²) in [6.45, 7) is 3.94. The number of benzene rings is 1. The standard InChI is InChI=1S/C10H14B2O4Si/c1-17(2)8-6-4-3-5-7(8)9(11(13)14)10(17)12(15)16/h3-6,13-16H,1-2H3. The van der Waals surface area contributed by atoms with Gasteiger partial charge in [-0.15, -0.1) is 0 Å². The average molecular weight is 248 g/mol. The molecule has 7 heteroatoms. The van der Waals surface area contributed by atoms with Crippen LogP contribution < -0.4 is 5.19 Å². The minimum absolute atomic E-state index is 0.257. The van der Waals surface area contributed by atoms with E-state index < -0.39 is 22.3 Å². The zero-order valence-electron chi connectivity index (χ0n) is 9.75. The molecule has 0 saturated carbocycles. The van der Waals surface area contributed by atoms with Crippen LogP contribution in [0.1, 0.15) is 5.56 Å². The number of fused-ring (bicyclic) bond motifs is 1. The van der Waals surface area contributed by atoms with E-state index in [1.807, 2.05) is 25.2 Å². The van der Waals surface area contributed by atoms with Crippen molar-refractivity contribution in [2.75, 3.05) is 0 Å². The molecule has 1 aromatic rings. The molecular weight excluding hydrogens is 234 g/mol. The van der Waals surface area contributed by atoms with Crippen LogP contribution in [0.4, 0.5) is 0 Å². The lowest BCUT2D eigenvalue weighted by Crippen LogP contribution is -2.46. The van der Waals surface area contributed by atoms with Crippen molar-refractivity contribution in [3.63, 3.8) is 0 Å². The fraction of sp³-hybridized carbons (Fsp3) is 0.200. The molecule has 0 aliphatic carbocycles. The molecular formula is C10H14B2O4Si. The molecule has 1 aliphatic rings. The van der Waals surface area contributed by atoms with Gasteiger partial charge in [-0.1, -0.05) is 37.4 Å². The first-order valence-electron chi connectivity index (χ1n) is 5.44. The van der Waals surface area contributed by atoms with Crippen molar-refractivity contribution >= 4 is 33.0 Å². The highest BCUT2D eigenvalue weighted by atomic mass is 28.3. The molecule has 0 unspecified atom stereocenters. The molecule has 0 spiro atoms. The van der Waals surface area contributed by atoms with Crippen molar-refractivity contribution in [2.45, 2.75) is 13.1 Å². The minimum atomic E-state index is -2.22. The summed E-state index contributed by atoms with van der Waals surface area (Å²) in [5.41, 5.74) is 0.981. The summed E-state index contributed by atoms with van der Waals surface area (Å²) < 4.78 is 0. The second kappa shape index (κ2) is 4.11. The second-order valence-corrected chi connectivity index (χ2v) is 9.07. The number of hydrogen-bond donors (Lipinski definition) is 4. The van der Waals surface area contributed by atoms with Crippen molar-refractivity contribution in [3.8, 4) is 0 Å². The van der Waals surface area contributed by atoms with Crippen LogP contribution in [0, 0.1) is 0 Å². The molecule has 0 saturated heterocycles. The van der Waals surface area contributed by atoms with Gasteiger partial charge in [0.05, 0.1) is 0 Å². The van der Waals surface area contributed by atoms with Crippen LogP contribution in [0.15, 0.2) is 29.4 Å². The third-order valence-corrected chi connectivity index (χ3v) is 7.03. The summed E-state index contributed by atoms with van der Waals surface area (Å²) in [6, 6.07) is 7.38. The maximum absolute atomic E-state index is 9.49. The van der Waals surface area contributed by atoms with E-state index in [1.165, 1.54) is 0 Å². The van der Waals surface area contributed by atoms with Gasteiger partial charge in [-0.2, -0.15) is 0 Å². The molecule has 1 aliphatic heterocycles. The summed E-state index contributed by atoms with van der Waals surface area (Å²) in [4.78, 5) is 0. The zero-order chi connectivity index (χ0) is 12.8. The van der Waals surface area contributed by atoms with E-state index in [1.54, 1.807) is 12.1 Å². The maximum Gasteiger partial charge on any atom is 0.487 e. The van der Waals surface area contributed by atoms with Crippen LogP contribution in [-0.2, 0) is 0 Å². The first-order chi connectivity index (χ1) is 7.87. The Hall–Kier alpha value is -0.853. The van der Waals surface area contributed by atoms with Gasteiger partial charge < -0.3 is 20.1 Å². The van der Waals surface area contributed by atoms with Gasteiger partial charge in [-0.3, -0.25) is 0 Å². The Morgan fingerprint density at radius 3 is 2.06 bits per heavy atom. The minimum Gasteiger partial charge on any atom is -0.424 e. The molecule has 1 aromatic carbocycles. The molecule has 0 bridgehead atoms. The highest BCUT2D eigenvalue weighted by Gasteiger charge is 2.46. The highest BCUT2D eigenvalue weighted by molar-refractivity contribution is 7.09. The highest BCUT2D eigenvalue weighted by Crippen LogP contribution is 2.34. The Kier molecular flexibility index (Phi) is 3.05. The Morgan fingerprint density at radius 1 is 0.941 bits per heavy atom. The predicted octanol–water partition coefficient (Wildman–Crippen LogP) is -1.07. The molecule has 0 atom stereocenters. The first-order valence-corrected chi connectivity index (χ1v) is 8.44. The van der Waals surface area contributed by atoms with E-state index in [9.17, 15) is 20.1 Å². The van der Waals surface area contributed by atoms with Gasteiger partial charge >= 0.3 is 14.2 Å². The van der Waals surface area contributed by atoms with Crippen molar-refractivity contribution in [1.82, 2.24) is 0 Å². The Labute approximate surface area is 102 Å². The third kappa shape index (κ3) is 1.80. The van der Waals surface area contributed by atoms with E-state index in [0.717, 1.165) is 10.8 Å². The molecule has 17 heavy (non-hydrogen) atoms. The van der Waals surface area contributed by atoms with Crippen molar-refractivity contribution < 1.29 is 20.1 Å². The van der Waals surface area contributed by atoms with Crippen LogP contribution in [0.2, 0.25) is 13.1 Å². The summed E-state index contributed by atoms with van der Waals surface area (Å²) in [5, 5.41) is 39.3. The van der Waals surface area contributed by atoms with Gasteiger partial charge in [0, 0.05) is 0 Å². The Morgan fingerprint density at radius 2 is 1.53 bits per heavy atom. The third-order valence-electron chi connectivity index (χ3n) is 3.37. The summed E-state index contributed by atoms with van der Waals surface area (Å²) in [6.07, 6.45) is 0.